The zero-order valence-electron chi connectivity index (χ0n) is 14.8. The molecule has 0 amide bonds. The molecule has 140 valence electrons. The minimum atomic E-state index is -3.80. The monoisotopic (exact) mass is 385 g/mol. The predicted octanol–water partition coefficient (Wildman–Crippen LogP) is 3.98. The van der Waals surface area contributed by atoms with Crippen molar-refractivity contribution in [3.05, 3.63) is 83.8 Å². The maximum atomic E-state index is 13.2. The number of rotatable bonds is 7. The lowest BCUT2D eigenvalue weighted by atomic mass is 10.1. The maximum Gasteiger partial charge on any atom is 0.262 e. The molecular formula is C20H20FN3O2S. The van der Waals surface area contributed by atoms with Crippen LogP contribution in [0.2, 0.25) is 0 Å². The molecule has 0 bridgehead atoms. The zero-order valence-corrected chi connectivity index (χ0v) is 15.6. The number of hydrogen-bond acceptors (Lipinski definition) is 4. The van der Waals surface area contributed by atoms with Gasteiger partial charge in [0.2, 0.25) is 0 Å². The van der Waals surface area contributed by atoms with Crippen LogP contribution in [0.5, 0.6) is 0 Å². The van der Waals surface area contributed by atoms with E-state index < -0.39 is 15.8 Å². The summed E-state index contributed by atoms with van der Waals surface area (Å²) in [6, 6.07) is 17.0. The number of nitrogens with zero attached hydrogens (tertiary/aromatic N) is 1. The number of aryl methyl sites for hydroxylation is 1. The third-order valence-corrected chi connectivity index (χ3v) is 5.55. The molecule has 0 radical (unpaired) electrons. The van der Waals surface area contributed by atoms with Crippen LogP contribution in [0.25, 0.3) is 0 Å². The molecule has 0 saturated carbocycles. The van der Waals surface area contributed by atoms with Crippen LogP contribution in [0.3, 0.4) is 0 Å². The zero-order chi connectivity index (χ0) is 19.3. The Bertz CT molecular complexity index is 1010. The maximum absolute atomic E-state index is 13.2. The number of hydrogen-bond donors (Lipinski definition) is 2. The Labute approximate surface area is 158 Å². The predicted molar refractivity (Wildman–Crippen MR) is 105 cm³/mol. The van der Waals surface area contributed by atoms with Crippen LogP contribution in [0.4, 0.5) is 15.9 Å². The molecule has 3 rings (SSSR count). The second-order valence-electron chi connectivity index (χ2n) is 6.11. The van der Waals surface area contributed by atoms with Gasteiger partial charge in [0.05, 0.1) is 16.8 Å². The molecule has 5 nitrogen and oxygen atoms in total. The van der Waals surface area contributed by atoms with E-state index in [1.54, 1.807) is 19.1 Å². The Morgan fingerprint density at radius 1 is 1.04 bits per heavy atom. The highest BCUT2D eigenvalue weighted by atomic mass is 32.2. The topological polar surface area (TPSA) is 71.1 Å². The SMILES string of the molecule is Cc1cc(F)ccc1S(=O)(=O)Nc1ccc(NCCc2ccccc2)nc1. The summed E-state index contributed by atoms with van der Waals surface area (Å²) in [4.78, 5) is 4.26. The summed E-state index contributed by atoms with van der Waals surface area (Å²) in [6.07, 6.45) is 2.31. The molecule has 0 atom stereocenters. The van der Waals surface area contributed by atoms with Crippen LogP contribution in [-0.2, 0) is 16.4 Å². The number of nitrogens with one attached hydrogen (secondary N) is 2. The van der Waals surface area contributed by atoms with Gasteiger partial charge in [0.15, 0.2) is 0 Å². The highest BCUT2D eigenvalue weighted by Crippen LogP contribution is 2.20. The van der Waals surface area contributed by atoms with Crippen molar-refractivity contribution in [2.24, 2.45) is 0 Å². The fourth-order valence-electron chi connectivity index (χ4n) is 2.66. The van der Waals surface area contributed by atoms with Gasteiger partial charge in [-0.3, -0.25) is 4.72 Å². The van der Waals surface area contributed by atoms with Crippen LogP contribution in [0.1, 0.15) is 11.1 Å². The van der Waals surface area contributed by atoms with Crippen molar-refractivity contribution in [3.8, 4) is 0 Å². The Kier molecular flexibility index (Phi) is 5.71. The fraction of sp³-hybridized carbons (Fsp3) is 0.150. The molecule has 0 aliphatic carbocycles. The van der Waals surface area contributed by atoms with Crippen molar-refractivity contribution in [3.63, 3.8) is 0 Å². The molecule has 0 spiro atoms. The summed E-state index contributed by atoms with van der Waals surface area (Å²) in [6.45, 7) is 2.27. The van der Waals surface area contributed by atoms with Gasteiger partial charge in [-0.1, -0.05) is 30.3 Å². The Morgan fingerprint density at radius 3 is 2.48 bits per heavy atom. The summed E-state index contributed by atoms with van der Waals surface area (Å²) >= 11 is 0. The van der Waals surface area contributed by atoms with Crippen molar-refractivity contribution in [2.75, 3.05) is 16.6 Å². The first-order valence-corrected chi connectivity index (χ1v) is 9.95. The van der Waals surface area contributed by atoms with Gasteiger partial charge in [0.25, 0.3) is 10.0 Å². The van der Waals surface area contributed by atoms with Gasteiger partial charge in [0, 0.05) is 6.54 Å². The lowest BCUT2D eigenvalue weighted by Crippen LogP contribution is -2.14. The summed E-state index contributed by atoms with van der Waals surface area (Å²) in [5.74, 6) is 0.186. The molecule has 0 aliphatic heterocycles. The largest absolute Gasteiger partial charge is 0.370 e. The average Bonchev–Trinajstić information content (AvgIpc) is 2.63. The number of sulfonamides is 1. The molecule has 1 heterocycles. The number of benzene rings is 2. The smallest absolute Gasteiger partial charge is 0.262 e. The first-order chi connectivity index (χ1) is 12.9. The summed E-state index contributed by atoms with van der Waals surface area (Å²) < 4.78 is 40.6. The van der Waals surface area contributed by atoms with E-state index in [2.05, 4.69) is 27.2 Å². The molecule has 0 aliphatic rings. The van der Waals surface area contributed by atoms with Crippen molar-refractivity contribution in [1.29, 1.82) is 0 Å². The van der Waals surface area contributed by atoms with Gasteiger partial charge in [-0.2, -0.15) is 0 Å². The molecule has 1 aromatic heterocycles. The number of aromatic nitrogens is 1. The van der Waals surface area contributed by atoms with Crippen molar-refractivity contribution in [2.45, 2.75) is 18.2 Å². The third kappa shape index (κ3) is 5.04. The van der Waals surface area contributed by atoms with E-state index in [0.29, 0.717) is 17.1 Å². The fourth-order valence-corrected chi connectivity index (χ4v) is 3.93. The van der Waals surface area contributed by atoms with E-state index in [4.69, 9.17) is 0 Å². The second-order valence-corrected chi connectivity index (χ2v) is 7.76. The first-order valence-electron chi connectivity index (χ1n) is 8.47. The molecular weight excluding hydrogens is 365 g/mol. The highest BCUT2D eigenvalue weighted by molar-refractivity contribution is 7.92. The van der Waals surface area contributed by atoms with Crippen LogP contribution in [0.15, 0.2) is 71.8 Å². The van der Waals surface area contributed by atoms with Gasteiger partial charge >= 0.3 is 0 Å². The molecule has 7 heteroatoms. The van der Waals surface area contributed by atoms with E-state index in [-0.39, 0.29) is 4.90 Å². The molecule has 27 heavy (non-hydrogen) atoms. The van der Waals surface area contributed by atoms with Gasteiger partial charge in [0.1, 0.15) is 11.6 Å². The molecule has 3 aromatic rings. The quantitative estimate of drug-likeness (QED) is 0.645. The third-order valence-electron chi connectivity index (χ3n) is 4.00. The van der Waals surface area contributed by atoms with E-state index in [0.717, 1.165) is 19.0 Å². The molecule has 2 N–H and O–H groups in total. The van der Waals surface area contributed by atoms with Crippen molar-refractivity contribution in [1.82, 2.24) is 4.98 Å². The van der Waals surface area contributed by atoms with E-state index in [9.17, 15) is 12.8 Å². The molecule has 0 saturated heterocycles. The molecule has 0 unspecified atom stereocenters. The highest BCUT2D eigenvalue weighted by Gasteiger charge is 2.17. The average molecular weight is 385 g/mol. The van der Waals surface area contributed by atoms with Gasteiger partial charge in [-0.15, -0.1) is 0 Å². The first kappa shape index (κ1) is 18.8. The lowest BCUT2D eigenvalue weighted by molar-refractivity contribution is 0.598. The van der Waals surface area contributed by atoms with Crippen LogP contribution in [0, 0.1) is 12.7 Å². The van der Waals surface area contributed by atoms with Crippen LogP contribution >= 0.6 is 0 Å². The standard InChI is InChI=1S/C20H20FN3O2S/c1-15-13-17(21)7-9-19(15)27(25,26)24-18-8-10-20(23-14-18)22-12-11-16-5-3-2-4-6-16/h2-10,13-14,24H,11-12H2,1H3,(H,22,23). The van der Waals surface area contributed by atoms with Gasteiger partial charge in [-0.05, 0) is 54.8 Å². The lowest BCUT2D eigenvalue weighted by Gasteiger charge is -2.11. The Balaban J connectivity index is 1.61. The van der Waals surface area contributed by atoms with E-state index in [1.165, 1.54) is 23.9 Å². The Morgan fingerprint density at radius 2 is 1.81 bits per heavy atom. The van der Waals surface area contributed by atoms with Gasteiger partial charge in [-0.25, -0.2) is 17.8 Å². The van der Waals surface area contributed by atoms with E-state index >= 15 is 0 Å². The minimum absolute atomic E-state index is 0.0361. The van der Waals surface area contributed by atoms with E-state index in [1.807, 2.05) is 18.2 Å². The minimum Gasteiger partial charge on any atom is -0.370 e. The van der Waals surface area contributed by atoms with Crippen molar-refractivity contribution < 1.29 is 12.8 Å². The number of anilines is 2. The molecule has 2 aromatic carbocycles. The number of halogens is 1. The summed E-state index contributed by atoms with van der Waals surface area (Å²) in [5, 5.41) is 3.20. The van der Waals surface area contributed by atoms with Crippen LogP contribution < -0.4 is 10.0 Å². The van der Waals surface area contributed by atoms with Crippen LogP contribution in [-0.4, -0.2) is 19.9 Å². The van der Waals surface area contributed by atoms with Gasteiger partial charge < -0.3 is 5.32 Å². The number of pyridine rings is 1. The van der Waals surface area contributed by atoms with Crippen molar-refractivity contribution >= 4 is 21.5 Å². The Hall–Kier alpha value is -2.93. The molecule has 0 fully saturated rings. The normalized spacial score (nSPS) is 11.2. The summed E-state index contributed by atoms with van der Waals surface area (Å²) in [5.41, 5.74) is 1.91. The second kappa shape index (κ2) is 8.18. The summed E-state index contributed by atoms with van der Waals surface area (Å²) in [7, 11) is -3.80.